The molecule has 0 spiro atoms. The molecule has 2 N–H and O–H groups in total. The van der Waals surface area contributed by atoms with E-state index in [9.17, 15) is 8.42 Å². The van der Waals surface area contributed by atoms with E-state index in [-0.39, 0.29) is 0 Å². The summed E-state index contributed by atoms with van der Waals surface area (Å²) in [6, 6.07) is 0.748. The van der Waals surface area contributed by atoms with E-state index in [1.807, 2.05) is 0 Å². The van der Waals surface area contributed by atoms with Crippen LogP contribution < -0.4 is 10.0 Å². The van der Waals surface area contributed by atoms with E-state index in [1.165, 1.54) is 12.8 Å². The molecule has 1 saturated carbocycles. The summed E-state index contributed by atoms with van der Waals surface area (Å²) in [7, 11) is -3.24. The fourth-order valence-electron chi connectivity index (χ4n) is 2.44. The summed E-state index contributed by atoms with van der Waals surface area (Å²) in [4.78, 5) is 0. The average Bonchev–Trinajstić information content (AvgIpc) is 3.21. The van der Waals surface area contributed by atoms with Gasteiger partial charge in [-0.3, -0.25) is 0 Å². The highest BCUT2D eigenvalue weighted by Crippen LogP contribution is 2.22. The van der Waals surface area contributed by atoms with Gasteiger partial charge in [-0.05, 0) is 44.6 Å². The minimum atomic E-state index is -3.24. The van der Waals surface area contributed by atoms with E-state index in [0.717, 1.165) is 38.3 Å². The first kappa shape index (κ1) is 15.2. The van der Waals surface area contributed by atoms with Crippen LogP contribution in [0.1, 0.15) is 45.4 Å². The van der Waals surface area contributed by atoms with Crippen LogP contribution in [0.3, 0.4) is 0 Å². The van der Waals surface area contributed by atoms with Gasteiger partial charge in [0.25, 0.3) is 10.2 Å². The summed E-state index contributed by atoms with van der Waals surface area (Å²) in [6.07, 6.45) is 6.50. The standard InChI is InChI=1S/C13H27N3O2S/c1-2-3-8-15-19(17,18)16-9-6-12(7-10-16)11-14-13-4-5-13/h12-15H,2-11H2,1H3. The molecule has 1 heterocycles. The largest absolute Gasteiger partial charge is 0.314 e. The van der Waals surface area contributed by atoms with Crippen LogP contribution >= 0.6 is 0 Å². The van der Waals surface area contributed by atoms with Crippen molar-refractivity contribution in [3.63, 3.8) is 0 Å². The van der Waals surface area contributed by atoms with Crippen molar-refractivity contribution in [1.29, 1.82) is 0 Å². The van der Waals surface area contributed by atoms with E-state index >= 15 is 0 Å². The predicted molar refractivity (Wildman–Crippen MR) is 77.2 cm³/mol. The molecule has 0 atom stereocenters. The summed E-state index contributed by atoms with van der Waals surface area (Å²) in [5.74, 6) is 0.641. The molecule has 1 saturated heterocycles. The lowest BCUT2D eigenvalue weighted by atomic mass is 9.98. The van der Waals surface area contributed by atoms with Gasteiger partial charge >= 0.3 is 0 Å². The lowest BCUT2D eigenvalue weighted by molar-refractivity contribution is 0.264. The second kappa shape index (κ2) is 7.02. The van der Waals surface area contributed by atoms with E-state index in [4.69, 9.17) is 0 Å². The maximum absolute atomic E-state index is 12.0. The number of nitrogens with zero attached hydrogens (tertiary/aromatic N) is 1. The molecule has 1 aliphatic carbocycles. The Labute approximate surface area is 117 Å². The Balaban J connectivity index is 1.68. The van der Waals surface area contributed by atoms with Gasteiger partial charge in [0.2, 0.25) is 0 Å². The van der Waals surface area contributed by atoms with E-state index in [0.29, 0.717) is 25.6 Å². The molecule has 0 aromatic heterocycles. The van der Waals surface area contributed by atoms with Crippen molar-refractivity contribution in [3.05, 3.63) is 0 Å². The molecule has 0 bridgehead atoms. The summed E-state index contributed by atoms with van der Waals surface area (Å²) in [5, 5.41) is 3.54. The van der Waals surface area contributed by atoms with Gasteiger partial charge in [0.05, 0.1) is 0 Å². The topological polar surface area (TPSA) is 61.4 Å². The second-order valence-corrected chi connectivity index (χ2v) is 7.53. The van der Waals surface area contributed by atoms with Crippen molar-refractivity contribution in [3.8, 4) is 0 Å². The molecule has 2 aliphatic rings. The molecule has 19 heavy (non-hydrogen) atoms. The van der Waals surface area contributed by atoms with Crippen LogP contribution in [-0.2, 0) is 10.2 Å². The Morgan fingerprint density at radius 2 is 1.84 bits per heavy atom. The molecule has 1 aliphatic heterocycles. The van der Waals surface area contributed by atoms with Gasteiger partial charge in [-0.1, -0.05) is 13.3 Å². The van der Waals surface area contributed by atoms with Gasteiger partial charge in [0.15, 0.2) is 0 Å². The molecule has 2 fully saturated rings. The second-order valence-electron chi connectivity index (χ2n) is 5.78. The monoisotopic (exact) mass is 289 g/mol. The Hall–Kier alpha value is -0.170. The number of rotatable bonds is 8. The van der Waals surface area contributed by atoms with E-state index < -0.39 is 10.2 Å². The molecule has 0 amide bonds. The Kier molecular flexibility index (Phi) is 5.62. The predicted octanol–water partition coefficient (Wildman–Crippen LogP) is 1.08. The van der Waals surface area contributed by atoms with Crippen molar-refractivity contribution in [2.75, 3.05) is 26.2 Å². The molecule has 2 rings (SSSR count). The van der Waals surface area contributed by atoms with Crippen molar-refractivity contribution in [1.82, 2.24) is 14.3 Å². The van der Waals surface area contributed by atoms with Gasteiger partial charge in [-0.25, -0.2) is 4.72 Å². The highest BCUT2D eigenvalue weighted by Gasteiger charge is 2.28. The smallest absolute Gasteiger partial charge is 0.279 e. The minimum Gasteiger partial charge on any atom is -0.314 e. The maximum atomic E-state index is 12.0. The fraction of sp³-hybridized carbons (Fsp3) is 1.00. The van der Waals surface area contributed by atoms with Crippen molar-refractivity contribution < 1.29 is 8.42 Å². The zero-order valence-electron chi connectivity index (χ0n) is 11.9. The maximum Gasteiger partial charge on any atom is 0.279 e. The Morgan fingerprint density at radius 3 is 2.42 bits per heavy atom. The highest BCUT2D eigenvalue weighted by atomic mass is 32.2. The third-order valence-electron chi connectivity index (χ3n) is 4.00. The number of nitrogens with one attached hydrogen (secondary N) is 2. The average molecular weight is 289 g/mol. The minimum absolute atomic E-state index is 0.558. The number of hydrogen-bond acceptors (Lipinski definition) is 3. The molecular formula is C13H27N3O2S. The lowest BCUT2D eigenvalue weighted by Crippen LogP contribution is -2.46. The van der Waals surface area contributed by atoms with Crippen LogP contribution in [0, 0.1) is 5.92 Å². The van der Waals surface area contributed by atoms with Gasteiger partial charge < -0.3 is 5.32 Å². The summed E-state index contributed by atoms with van der Waals surface area (Å²) in [5.41, 5.74) is 0. The zero-order valence-corrected chi connectivity index (χ0v) is 12.7. The fourth-order valence-corrected chi connectivity index (χ4v) is 3.72. The van der Waals surface area contributed by atoms with Gasteiger partial charge in [0, 0.05) is 25.7 Å². The molecule has 0 aromatic rings. The third kappa shape index (κ3) is 5.02. The van der Waals surface area contributed by atoms with Crippen LogP contribution in [-0.4, -0.2) is 44.9 Å². The van der Waals surface area contributed by atoms with Crippen LogP contribution in [0.15, 0.2) is 0 Å². The highest BCUT2D eigenvalue weighted by molar-refractivity contribution is 7.87. The van der Waals surface area contributed by atoms with Gasteiger partial charge in [-0.2, -0.15) is 12.7 Å². The van der Waals surface area contributed by atoms with Gasteiger partial charge in [-0.15, -0.1) is 0 Å². The molecule has 112 valence electrons. The number of hydrogen-bond donors (Lipinski definition) is 2. The summed E-state index contributed by atoms with van der Waals surface area (Å²) in [6.45, 7) is 5.01. The van der Waals surface area contributed by atoms with Crippen molar-refractivity contribution in [2.45, 2.75) is 51.5 Å². The van der Waals surface area contributed by atoms with Crippen molar-refractivity contribution in [2.24, 2.45) is 5.92 Å². The SMILES string of the molecule is CCCCNS(=O)(=O)N1CCC(CNC2CC2)CC1. The first-order valence-corrected chi connectivity index (χ1v) is 9.04. The van der Waals surface area contributed by atoms with Crippen LogP contribution in [0.2, 0.25) is 0 Å². The van der Waals surface area contributed by atoms with Crippen LogP contribution in [0.5, 0.6) is 0 Å². The van der Waals surface area contributed by atoms with E-state index in [2.05, 4.69) is 17.0 Å². The normalized spacial score (nSPS) is 22.8. The molecule has 0 radical (unpaired) electrons. The summed E-state index contributed by atoms with van der Waals surface area (Å²) >= 11 is 0. The molecule has 5 nitrogen and oxygen atoms in total. The van der Waals surface area contributed by atoms with E-state index in [1.54, 1.807) is 4.31 Å². The number of piperidine rings is 1. The van der Waals surface area contributed by atoms with Gasteiger partial charge in [0.1, 0.15) is 0 Å². The lowest BCUT2D eigenvalue weighted by Gasteiger charge is -2.31. The quantitative estimate of drug-likeness (QED) is 0.658. The van der Waals surface area contributed by atoms with Crippen molar-refractivity contribution >= 4 is 10.2 Å². The first-order valence-electron chi connectivity index (χ1n) is 7.60. The van der Waals surface area contributed by atoms with Crippen LogP contribution in [0.4, 0.5) is 0 Å². The third-order valence-corrected chi connectivity index (χ3v) is 5.61. The Morgan fingerprint density at radius 1 is 1.16 bits per heavy atom. The Bertz CT molecular complexity index is 360. The molecular weight excluding hydrogens is 262 g/mol. The van der Waals surface area contributed by atoms with Crippen LogP contribution in [0.25, 0.3) is 0 Å². The zero-order chi connectivity index (χ0) is 13.7. The molecule has 0 unspecified atom stereocenters. The number of unbranched alkanes of at least 4 members (excludes halogenated alkanes) is 1. The first-order chi connectivity index (χ1) is 9.12. The molecule has 0 aromatic carbocycles. The summed E-state index contributed by atoms with van der Waals surface area (Å²) < 4.78 is 28.4. The molecule has 6 heteroatoms.